The molecule has 4 heterocycles. The predicted octanol–water partition coefficient (Wildman–Crippen LogP) is 4.20. The number of hydrogen-bond donors (Lipinski definition) is 0. The molecule has 0 aliphatic carbocycles. The summed E-state index contributed by atoms with van der Waals surface area (Å²) in [6.45, 7) is 0.942. The second kappa shape index (κ2) is 7.17. The SMILES string of the molecule is Cn1cc(C2CN(C(=O)c3cc(-c4ccc(F)cc4F)on3)Cc3sccc32)cn1. The standard InChI is InChI=1S/C21H16F2N4O2S/c1-26-9-12(8-24-26)16-10-27(11-20-14(16)4-5-30-20)21(28)18-7-19(29-25-18)15-3-2-13(22)6-17(15)23/h2-9,16H,10-11H2,1H3. The molecule has 0 bridgehead atoms. The van der Waals surface area contributed by atoms with Gasteiger partial charge < -0.3 is 9.42 Å². The van der Waals surface area contributed by atoms with E-state index in [2.05, 4.69) is 16.3 Å². The van der Waals surface area contributed by atoms with Gasteiger partial charge in [0.25, 0.3) is 5.91 Å². The summed E-state index contributed by atoms with van der Waals surface area (Å²) in [5.74, 6) is -1.68. The molecule has 1 atom stereocenters. The Bertz CT molecular complexity index is 1250. The van der Waals surface area contributed by atoms with E-state index in [4.69, 9.17) is 4.52 Å². The number of thiophene rings is 1. The Hall–Kier alpha value is -3.33. The number of fused-ring (bicyclic) bond motifs is 1. The van der Waals surface area contributed by atoms with Crippen LogP contribution < -0.4 is 0 Å². The zero-order chi connectivity index (χ0) is 20.8. The van der Waals surface area contributed by atoms with Crippen LogP contribution in [0.15, 0.2) is 52.6 Å². The molecule has 0 saturated carbocycles. The molecule has 0 radical (unpaired) electrons. The lowest BCUT2D eigenvalue weighted by molar-refractivity contribution is 0.0717. The zero-order valence-electron chi connectivity index (χ0n) is 15.9. The molecule has 0 spiro atoms. The summed E-state index contributed by atoms with van der Waals surface area (Å²) in [7, 11) is 1.86. The minimum Gasteiger partial charge on any atom is -0.355 e. The van der Waals surface area contributed by atoms with Crippen LogP contribution in [0.3, 0.4) is 0 Å². The van der Waals surface area contributed by atoms with E-state index in [1.165, 1.54) is 17.7 Å². The molecular weight excluding hydrogens is 410 g/mol. The third kappa shape index (κ3) is 3.21. The summed E-state index contributed by atoms with van der Waals surface area (Å²) in [6, 6.07) is 6.63. The first-order valence-electron chi connectivity index (χ1n) is 9.26. The maximum absolute atomic E-state index is 14.0. The molecule has 1 amide bonds. The molecule has 3 aromatic heterocycles. The molecule has 0 saturated heterocycles. The van der Waals surface area contributed by atoms with Gasteiger partial charge in [-0.15, -0.1) is 11.3 Å². The minimum atomic E-state index is -0.775. The molecule has 1 unspecified atom stereocenters. The summed E-state index contributed by atoms with van der Waals surface area (Å²) >= 11 is 1.60. The second-order valence-electron chi connectivity index (χ2n) is 7.19. The number of carbonyl (C=O) groups is 1. The number of rotatable bonds is 3. The van der Waals surface area contributed by atoms with E-state index in [1.54, 1.807) is 20.9 Å². The van der Waals surface area contributed by atoms with Gasteiger partial charge in [0.05, 0.1) is 18.3 Å². The van der Waals surface area contributed by atoms with Crippen molar-refractivity contribution in [2.24, 2.45) is 7.05 Å². The molecule has 30 heavy (non-hydrogen) atoms. The summed E-state index contributed by atoms with van der Waals surface area (Å²) in [4.78, 5) is 15.9. The highest BCUT2D eigenvalue weighted by Gasteiger charge is 2.32. The zero-order valence-corrected chi connectivity index (χ0v) is 16.7. The van der Waals surface area contributed by atoms with Crippen molar-refractivity contribution in [3.8, 4) is 11.3 Å². The van der Waals surface area contributed by atoms with E-state index in [9.17, 15) is 13.6 Å². The van der Waals surface area contributed by atoms with Gasteiger partial charge in [-0.2, -0.15) is 5.10 Å². The van der Waals surface area contributed by atoms with E-state index in [1.807, 2.05) is 24.8 Å². The number of hydrogen-bond acceptors (Lipinski definition) is 5. The van der Waals surface area contributed by atoms with Crippen LogP contribution in [0.25, 0.3) is 11.3 Å². The molecule has 6 nitrogen and oxygen atoms in total. The Balaban J connectivity index is 1.44. The number of nitrogens with zero attached hydrogens (tertiary/aromatic N) is 4. The van der Waals surface area contributed by atoms with Crippen LogP contribution in [-0.2, 0) is 13.6 Å². The summed E-state index contributed by atoms with van der Waals surface area (Å²) < 4.78 is 34.1. The largest absolute Gasteiger partial charge is 0.355 e. The van der Waals surface area contributed by atoms with Crippen LogP contribution in [0.4, 0.5) is 8.78 Å². The monoisotopic (exact) mass is 426 g/mol. The van der Waals surface area contributed by atoms with E-state index < -0.39 is 11.6 Å². The Labute approximate surface area is 174 Å². The van der Waals surface area contributed by atoms with Crippen LogP contribution in [0, 0.1) is 11.6 Å². The third-order valence-electron chi connectivity index (χ3n) is 5.23. The van der Waals surface area contributed by atoms with Crippen molar-refractivity contribution in [3.05, 3.63) is 81.4 Å². The highest BCUT2D eigenvalue weighted by molar-refractivity contribution is 7.10. The van der Waals surface area contributed by atoms with Gasteiger partial charge in [0.15, 0.2) is 11.5 Å². The predicted molar refractivity (Wildman–Crippen MR) is 106 cm³/mol. The second-order valence-corrected chi connectivity index (χ2v) is 8.19. The summed E-state index contributed by atoms with van der Waals surface area (Å²) in [6.07, 6.45) is 3.76. The Kier molecular flexibility index (Phi) is 4.47. The first kappa shape index (κ1) is 18.7. The van der Waals surface area contributed by atoms with Crippen molar-refractivity contribution in [3.63, 3.8) is 0 Å². The van der Waals surface area contributed by atoms with Gasteiger partial charge in [0, 0.05) is 42.7 Å². The minimum absolute atomic E-state index is 0.0126. The molecule has 4 aromatic rings. The summed E-state index contributed by atoms with van der Waals surface area (Å²) in [5, 5.41) is 10.1. The van der Waals surface area contributed by atoms with Gasteiger partial charge in [0.2, 0.25) is 0 Å². The van der Waals surface area contributed by atoms with Crippen molar-refractivity contribution in [2.45, 2.75) is 12.5 Å². The Morgan fingerprint density at radius 1 is 1.27 bits per heavy atom. The lowest BCUT2D eigenvalue weighted by atomic mass is 9.90. The summed E-state index contributed by atoms with van der Waals surface area (Å²) in [5.41, 5.74) is 2.36. The molecule has 1 aliphatic rings. The first-order valence-corrected chi connectivity index (χ1v) is 10.1. The highest BCUT2D eigenvalue weighted by Crippen LogP contribution is 2.37. The number of aryl methyl sites for hydroxylation is 1. The molecule has 5 rings (SSSR count). The van der Waals surface area contributed by atoms with Crippen molar-refractivity contribution < 1.29 is 18.1 Å². The molecule has 152 valence electrons. The van der Waals surface area contributed by atoms with Gasteiger partial charge >= 0.3 is 0 Å². The topological polar surface area (TPSA) is 64.2 Å². The fourth-order valence-corrected chi connectivity index (χ4v) is 4.72. The average molecular weight is 426 g/mol. The fourth-order valence-electron chi connectivity index (χ4n) is 3.76. The maximum atomic E-state index is 14.0. The van der Waals surface area contributed by atoms with E-state index in [0.717, 1.165) is 22.6 Å². The van der Waals surface area contributed by atoms with E-state index >= 15 is 0 Å². The third-order valence-corrected chi connectivity index (χ3v) is 6.15. The fraction of sp³-hybridized carbons (Fsp3) is 0.190. The first-order chi connectivity index (χ1) is 14.5. The van der Waals surface area contributed by atoms with Crippen LogP contribution >= 0.6 is 11.3 Å². The van der Waals surface area contributed by atoms with Crippen molar-refractivity contribution >= 4 is 17.2 Å². The van der Waals surface area contributed by atoms with Crippen LogP contribution in [-0.4, -0.2) is 32.3 Å². The Morgan fingerprint density at radius 2 is 2.13 bits per heavy atom. The maximum Gasteiger partial charge on any atom is 0.276 e. The van der Waals surface area contributed by atoms with Gasteiger partial charge in [-0.25, -0.2) is 8.78 Å². The lowest BCUT2D eigenvalue weighted by Crippen LogP contribution is -2.38. The van der Waals surface area contributed by atoms with Crippen LogP contribution in [0.1, 0.15) is 32.4 Å². The van der Waals surface area contributed by atoms with Crippen LogP contribution in [0.5, 0.6) is 0 Å². The number of aromatic nitrogens is 3. The number of halogens is 2. The molecule has 0 N–H and O–H groups in total. The normalized spacial score (nSPS) is 16.0. The van der Waals surface area contributed by atoms with Gasteiger partial charge in [-0.3, -0.25) is 9.48 Å². The van der Waals surface area contributed by atoms with Gasteiger partial charge in [-0.1, -0.05) is 5.16 Å². The highest BCUT2D eigenvalue weighted by atomic mass is 32.1. The van der Waals surface area contributed by atoms with Crippen molar-refractivity contribution in [1.29, 1.82) is 0 Å². The molecular formula is C21H16F2N4O2S. The Morgan fingerprint density at radius 3 is 2.90 bits per heavy atom. The molecule has 9 heteroatoms. The average Bonchev–Trinajstić information content (AvgIpc) is 3.47. The van der Waals surface area contributed by atoms with Crippen molar-refractivity contribution in [2.75, 3.05) is 6.54 Å². The van der Waals surface area contributed by atoms with E-state index in [-0.39, 0.29) is 28.8 Å². The number of carbonyl (C=O) groups excluding carboxylic acids is 1. The quantitative estimate of drug-likeness (QED) is 0.493. The number of benzene rings is 1. The number of amides is 1. The molecule has 1 aromatic carbocycles. The molecule has 1 aliphatic heterocycles. The van der Waals surface area contributed by atoms with E-state index in [0.29, 0.717) is 13.1 Å². The lowest BCUT2D eigenvalue weighted by Gasteiger charge is -2.32. The molecule has 0 fully saturated rings. The van der Waals surface area contributed by atoms with Crippen LogP contribution in [0.2, 0.25) is 0 Å². The van der Waals surface area contributed by atoms with Crippen molar-refractivity contribution in [1.82, 2.24) is 19.8 Å². The van der Waals surface area contributed by atoms with Gasteiger partial charge in [0.1, 0.15) is 11.6 Å². The van der Waals surface area contributed by atoms with Gasteiger partial charge in [-0.05, 0) is 34.7 Å². The smallest absolute Gasteiger partial charge is 0.276 e.